The third-order valence-electron chi connectivity index (χ3n) is 9.22. The van der Waals surface area contributed by atoms with Crippen molar-refractivity contribution < 1.29 is 9.59 Å². The third kappa shape index (κ3) is 6.06. The Morgan fingerprint density at radius 2 is 0.980 bits per heavy atom. The Balaban J connectivity index is 1.55. The Bertz CT molecular complexity index is 2410. The van der Waals surface area contributed by atoms with Gasteiger partial charge in [-0.15, -0.1) is 0 Å². The molecule has 0 spiro atoms. The first kappa shape index (κ1) is 31.2. The van der Waals surface area contributed by atoms with Crippen molar-refractivity contribution in [2.24, 2.45) is 9.98 Å². The lowest BCUT2D eigenvalue weighted by molar-refractivity contribution is 0.564. The molecule has 1 atom stereocenters. The quantitative estimate of drug-likeness (QED) is 0.0724. The van der Waals surface area contributed by atoms with E-state index in [1.54, 1.807) is 6.08 Å². The minimum atomic E-state index is -0.122. The Morgan fingerprint density at radius 3 is 1.51 bits per heavy atom. The minimum absolute atomic E-state index is 0.122. The number of aryl methyl sites for hydroxylation is 1. The molecule has 0 heterocycles. The first-order chi connectivity index (χ1) is 24.1. The molecule has 0 saturated heterocycles. The van der Waals surface area contributed by atoms with Gasteiger partial charge in [0.2, 0.25) is 12.2 Å². The number of aliphatic imine (C=N–C) groups is 2. The predicted molar refractivity (Wildman–Crippen MR) is 200 cm³/mol. The number of fused-ring (bicyclic) bond motifs is 2. The van der Waals surface area contributed by atoms with Crippen molar-refractivity contribution in [2.45, 2.75) is 19.8 Å². The van der Waals surface area contributed by atoms with Gasteiger partial charge in [0.25, 0.3) is 0 Å². The molecule has 0 aliphatic carbocycles. The molecule has 0 radical (unpaired) electrons. The lowest BCUT2D eigenvalue weighted by Crippen LogP contribution is -2.03. The van der Waals surface area contributed by atoms with Crippen molar-refractivity contribution in [1.29, 1.82) is 0 Å². The zero-order chi connectivity index (χ0) is 33.7. The Morgan fingerprint density at radius 1 is 0.510 bits per heavy atom. The van der Waals surface area contributed by atoms with Gasteiger partial charge in [0.05, 0.1) is 11.4 Å². The predicted octanol–water partition coefficient (Wildman–Crippen LogP) is 11.4. The first-order valence-corrected chi connectivity index (χ1v) is 16.2. The van der Waals surface area contributed by atoms with Gasteiger partial charge in [-0.05, 0) is 109 Å². The van der Waals surface area contributed by atoms with Crippen LogP contribution >= 0.6 is 0 Å². The topological polar surface area (TPSA) is 58.9 Å². The fourth-order valence-corrected chi connectivity index (χ4v) is 6.98. The molecule has 0 aromatic heterocycles. The fraction of sp³-hybridized carbons (Fsp3) is 0.0667. The molecule has 0 bridgehead atoms. The lowest BCUT2D eigenvalue weighted by Gasteiger charge is -2.23. The van der Waals surface area contributed by atoms with E-state index in [4.69, 9.17) is 0 Å². The maximum Gasteiger partial charge on any atom is 0.240 e. The van der Waals surface area contributed by atoms with Gasteiger partial charge in [-0.25, -0.2) is 9.59 Å². The summed E-state index contributed by atoms with van der Waals surface area (Å²) >= 11 is 0. The first-order valence-electron chi connectivity index (χ1n) is 16.2. The average Bonchev–Trinajstić information content (AvgIpc) is 3.14. The number of benzene rings is 7. The van der Waals surface area contributed by atoms with Crippen LogP contribution in [0.4, 0.5) is 11.4 Å². The molecule has 0 N–H and O–H groups in total. The Kier molecular flexibility index (Phi) is 8.74. The molecular weight excluding hydrogens is 601 g/mol. The number of carbonyl (C=O) groups excluding carboxylic acids is 2. The van der Waals surface area contributed by atoms with Crippen LogP contribution in [0.1, 0.15) is 51.8 Å². The highest BCUT2D eigenvalue weighted by Gasteiger charge is 2.22. The van der Waals surface area contributed by atoms with Gasteiger partial charge in [-0.1, -0.05) is 128 Å². The van der Waals surface area contributed by atoms with E-state index in [1.807, 2.05) is 73.7 Å². The van der Waals surface area contributed by atoms with Crippen molar-refractivity contribution >= 4 is 56.2 Å². The molecule has 0 saturated carbocycles. The summed E-state index contributed by atoms with van der Waals surface area (Å²) in [6.45, 7) is 4.14. The number of hydrogen-bond acceptors (Lipinski definition) is 4. The van der Waals surface area contributed by atoms with Crippen LogP contribution in [0.2, 0.25) is 0 Å². The van der Waals surface area contributed by atoms with E-state index in [9.17, 15) is 9.59 Å². The van der Waals surface area contributed by atoms with Crippen LogP contribution in [0, 0.1) is 6.92 Å². The van der Waals surface area contributed by atoms with Crippen molar-refractivity contribution in [3.8, 4) is 0 Å². The van der Waals surface area contributed by atoms with Crippen LogP contribution in [0.25, 0.3) is 32.7 Å². The minimum Gasteiger partial charge on any atom is -0.211 e. The van der Waals surface area contributed by atoms with E-state index in [0.29, 0.717) is 11.4 Å². The number of isocyanates is 2. The van der Waals surface area contributed by atoms with E-state index in [1.165, 1.54) is 5.56 Å². The summed E-state index contributed by atoms with van der Waals surface area (Å²) in [5.41, 5.74) is 10.2. The highest BCUT2D eigenvalue weighted by atomic mass is 16.1. The van der Waals surface area contributed by atoms with Crippen LogP contribution in [0.15, 0.2) is 162 Å². The second-order valence-electron chi connectivity index (χ2n) is 12.1. The molecule has 0 aliphatic heterocycles. The normalized spacial score (nSPS) is 12.1. The summed E-state index contributed by atoms with van der Waals surface area (Å²) in [6, 6.07) is 51.9. The molecule has 0 amide bonds. The van der Waals surface area contributed by atoms with Crippen LogP contribution in [-0.4, -0.2) is 12.2 Å². The van der Waals surface area contributed by atoms with Gasteiger partial charge in [0.15, 0.2) is 0 Å². The van der Waals surface area contributed by atoms with E-state index < -0.39 is 0 Å². The van der Waals surface area contributed by atoms with Gasteiger partial charge >= 0.3 is 0 Å². The van der Waals surface area contributed by atoms with Crippen LogP contribution in [-0.2, 0) is 9.59 Å². The smallest absolute Gasteiger partial charge is 0.211 e. The van der Waals surface area contributed by atoms with E-state index >= 15 is 0 Å². The summed E-state index contributed by atoms with van der Waals surface area (Å²) in [4.78, 5) is 31.1. The zero-order valence-electron chi connectivity index (χ0n) is 27.2. The van der Waals surface area contributed by atoms with E-state index in [-0.39, 0.29) is 5.92 Å². The largest absolute Gasteiger partial charge is 0.240 e. The van der Waals surface area contributed by atoms with Crippen molar-refractivity contribution in [2.75, 3.05) is 0 Å². The van der Waals surface area contributed by atoms with Crippen molar-refractivity contribution in [3.05, 3.63) is 191 Å². The molecule has 234 valence electrons. The molecule has 4 nitrogen and oxygen atoms in total. The third-order valence-corrected chi connectivity index (χ3v) is 9.22. The van der Waals surface area contributed by atoms with Gasteiger partial charge in [-0.3, -0.25) is 0 Å². The standard InChI is InChI=1S/C45H32N2O2/c1-30-25-36(21-23-41(30)46-28-48)44(32-13-5-3-6-14-32)45(33-15-7-4-8-16-33)37-22-24-42(47-29-49)40(27-37)31(2)43-38-19-11-9-17-34(38)26-35-18-10-12-20-39(35)43/h3-27,31H,1-2H3/b45-44-. The molecule has 0 fully saturated rings. The van der Waals surface area contributed by atoms with Gasteiger partial charge in [0.1, 0.15) is 0 Å². The summed E-state index contributed by atoms with van der Waals surface area (Å²) < 4.78 is 0. The van der Waals surface area contributed by atoms with Gasteiger partial charge in [0, 0.05) is 5.92 Å². The second-order valence-corrected chi connectivity index (χ2v) is 12.1. The molecule has 7 rings (SSSR count). The molecule has 7 aromatic carbocycles. The number of rotatable bonds is 8. The molecule has 7 aromatic rings. The van der Waals surface area contributed by atoms with Crippen molar-refractivity contribution in [1.82, 2.24) is 0 Å². The Labute approximate surface area is 285 Å². The van der Waals surface area contributed by atoms with Gasteiger partial charge < -0.3 is 0 Å². The van der Waals surface area contributed by atoms with E-state index in [0.717, 1.165) is 66.1 Å². The van der Waals surface area contributed by atoms with Crippen LogP contribution < -0.4 is 0 Å². The van der Waals surface area contributed by atoms with Crippen LogP contribution in [0.5, 0.6) is 0 Å². The van der Waals surface area contributed by atoms with E-state index in [2.05, 4.69) is 108 Å². The van der Waals surface area contributed by atoms with Crippen molar-refractivity contribution in [3.63, 3.8) is 0 Å². The maximum absolute atomic E-state index is 11.8. The fourth-order valence-electron chi connectivity index (χ4n) is 6.98. The highest BCUT2D eigenvalue weighted by Crippen LogP contribution is 2.43. The molecular formula is C45H32N2O2. The summed E-state index contributed by atoms with van der Waals surface area (Å²) in [6.07, 6.45) is 3.48. The molecule has 0 aliphatic rings. The maximum atomic E-state index is 11.8. The van der Waals surface area contributed by atoms with Gasteiger partial charge in [-0.2, -0.15) is 9.98 Å². The number of nitrogens with zero attached hydrogens (tertiary/aromatic N) is 2. The molecule has 49 heavy (non-hydrogen) atoms. The number of hydrogen-bond donors (Lipinski definition) is 0. The highest BCUT2D eigenvalue weighted by molar-refractivity contribution is 6.06. The zero-order valence-corrected chi connectivity index (χ0v) is 27.2. The SMILES string of the molecule is Cc1cc(/C(=C(/c2ccccc2)c2ccc(N=C=O)c(C(C)c3c4ccccc4cc4ccccc34)c2)c2ccccc2)ccc1N=C=O. The summed E-state index contributed by atoms with van der Waals surface area (Å²) in [5.74, 6) is -0.122. The Hall–Kier alpha value is -6.44. The monoisotopic (exact) mass is 632 g/mol. The second kappa shape index (κ2) is 13.7. The average molecular weight is 633 g/mol. The summed E-state index contributed by atoms with van der Waals surface area (Å²) in [7, 11) is 0. The lowest BCUT2D eigenvalue weighted by atomic mass is 9.81. The molecule has 4 heteroatoms. The summed E-state index contributed by atoms with van der Waals surface area (Å²) in [5, 5.41) is 4.65. The van der Waals surface area contributed by atoms with Crippen LogP contribution in [0.3, 0.4) is 0 Å². The molecule has 1 unspecified atom stereocenters.